The van der Waals surface area contributed by atoms with E-state index in [0.717, 1.165) is 55.2 Å². The summed E-state index contributed by atoms with van der Waals surface area (Å²) in [4.78, 5) is 19.7. The first-order valence-electron chi connectivity index (χ1n) is 10.3. The normalized spacial score (nSPS) is 17.2. The van der Waals surface area contributed by atoms with Crippen LogP contribution in [0.5, 0.6) is 0 Å². The van der Waals surface area contributed by atoms with Crippen LogP contribution in [-0.2, 0) is 17.6 Å². The quantitative estimate of drug-likeness (QED) is 0.641. The second kappa shape index (κ2) is 9.81. The zero-order valence-electron chi connectivity index (χ0n) is 16.6. The summed E-state index contributed by atoms with van der Waals surface area (Å²) in [5.74, 6) is 0.0739. The van der Waals surface area contributed by atoms with Crippen molar-refractivity contribution < 1.29 is 4.79 Å². The summed E-state index contributed by atoms with van der Waals surface area (Å²) < 4.78 is 0. The van der Waals surface area contributed by atoms with E-state index in [9.17, 15) is 4.79 Å². The van der Waals surface area contributed by atoms with Gasteiger partial charge < -0.3 is 10.2 Å². The number of nitrogens with one attached hydrogen (secondary N) is 1. The fraction of sp³-hybridized carbons (Fsp3) is 0.333. The molecular weight excluding hydrogens is 378 g/mol. The van der Waals surface area contributed by atoms with Crippen LogP contribution < -0.4 is 5.32 Å². The monoisotopic (exact) mass is 405 g/mol. The molecule has 1 amide bonds. The van der Waals surface area contributed by atoms with Crippen LogP contribution in [-0.4, -0.2) is 41.5 Å². The smallest absolute Gasteiger partial charge is 0.226 e. The Hall–Kier alpha value is -2.50. The third-order valence-electron chi connectivity index (χ3n) is 5.34. The van der Waals surface area contributed by atoms with Gasteiger partial charge >= 0.3 is 0 Å². The highest BCUT2D eigenvalue weighted by Gasteiger charge is 2.21. The largest absolute Gasteiger partial charge is 0.352 e. The zero-order valence-corrected chi connectivity index (χ0v) is 17.4. The average molecular weight is 406 g/mol. The van der Waals surface area contributed by atoms with Crippen molar-refractivity contribution in [1.29, 1.82) is 0 Å². The van der Waals surface area contributed by atoms with Crippen LogP contribution >= 0.6 is 11.3 Å². The summed E-state index contributed by atoms with van der Waals surface area (Å²) in [5, 5.41) is 6.19. The molecule has 1 saturated heterocycles. The molecule has 1 fully saturated rings. The minimum atomic E-state index is 0.0739. The molecular formula is C24H27N3OS. The first-order chi connectivity index (χ1) is 14.3. The van der Waals surface area contributed by atoms with Crippen molar-refractivity contribution in [2.75, 3.05) is 19.6 Å². The highest BCUT2D eigenvalue weighted by atomic mass is 32.1. The van der Waals surface area contributed by atoms with Crippen molar-refractivity contribution in [3.05, 3.63) is 77.3 Å². The number of thiazole rings is 1. The highest BCUT2D eigenvalue weighted by Crippen LogP contribution is 2.23. The predicted molar refractivity (Wildman–Crippen MR) is 119 cm³/mol. The van der Waals surface area contributed by atoms with E-state index in [0.29, 0.717) is 6.42 Å². The van der Waals surface area contributed by atoms with Gasteiger partial charge in [-0.25, -0.2) is 4.98 Å². The highest BCUT2D eigenvalue weighted by molar-refractivity contribution is 7.13. The summed E-state index contributed by atoms with van der Waals surface area (Å²) in [6.45, 7) is 3.10. The molecule has 0 saturated carbocycles. The van der Waals surface area contributed by atoms with E-state index in [1.165, 1.54) is 5.56 Å². The number of carbonyl (C=O) groups is 1. The van der Waals surface area contributed by atoms with Gasteiger partial charge in [0.15, 0.2) is 0 Å². The molecule has 2 aromatic carbocycles. The van der Waals surface area contributed by atoms with Crippen molar-refractivity contribution in [3.8, 4) is 10.6 Å². The maximum Gasteiger partial charge on any atom is 0.226 e. The zero-order chi connectivity index (χ0) is 19.9. The molecule has 0 bridgehead atoms. The average Bonchev–Trinajstić information content (AvgIpc) is 3.22. The summed E-state index contributed by atoms with van der Waals surface area (Å²) in [6, 6.07) is 21.0. The Morgan fingerprint density at radius 3 is 2.66 bits per heavy atom. The summed E-state index contributed by atoms with van der Waals surface area (Å²) in [5.41, 5.74) is 3.32. The van der Waals surface area contributed by atoms with Crippen LogP contribution in [0.15, 0.2) is 66.0 Å². The number of aromatic nitrogens is 1. The summed E-state index contributed by atoms with van der Waals surface area (Å²) in [6.07, 6.45) is 3.60. The van der Waals surface area contributed by atoms with Gasteiger partial charge in [0.25, 0.3) is 0 Å². The first-order valence-corrected chi connectivity index (χ1v) is 11.2. The maximum absolute atomic E-state index is 12.5. The molecule has 150 valence electrons. The molecule has 0 radical (unpaired) electrons. The van der Waals surface area contributed by atoms with Crippen molar-refractivity contribution in [1.82, 2.24) is 15.2 Å². The molecule has 0 spiro atoms. The third kappa shape index (κ3) is 5.75. The fourth-order valence-electron chi connectivity index (χ4n) is 3.85. The molecule has 4 nitrogen and oxygen atoms in total. The molecule has 4 rings (SSSR count). The number of hydrogen-bond donors (Lipinski definition) is 1. The predicted octanol–water partition coefficient (Wildman–Crippen LogP) is 4.18. The fourth-order valence-corrected chi connectivity index (χ4v) is 4.68. The molecule has 1 aromatic heterocycles. The van der Waals surface area contributed by atoms with E-state index in [1.807, 2.05) is 23.6 Å². The number of likely N-dealkylation sites (tertiary alicyclic amines) is 1. The van der Waals surface area contributed by atoms with Gasteiger partial charge in [0.1, 0.15) is 5.01 Å². The van der Waals surface area contributed by atoms with Gasteiger partial charge in [-0.3, -0.25) is 4.79 Å². The lowest BCUT2D eigenvalue weighted by molar-refractivity contribution is -0.121. The van der Waals surface area contributed by atoms with Crippen LogP contribution in [0.2, 0.25) is 0 Å². The van der Waals surface area contributed by atoms with Crippen molar-refractivity contribution in [2.45, 2.75) is 31.7 Å². The minimum Gasteiger partial charge on any atom is -0.352 e. The standard InChI is InChI=1S/C24H27N3OS/c28-23(16-22-18-29-24(26-22)20-10-5-2-6-11-20)25-21-12-7-14-27(17-21)15-13-19-8-3-1-4-9-19/h1-6,8-11,18,21H,7,12-17H2,(H,25,28). The lowest BCUT2D eigenvalue weighted by atomic mass is 10.0. The molecule has 0 aliphatic carbocycles. The lowest BCUT2D eigenvalue weighted by Crippen LogP contribution is -2.48. The molecule has 29 heavy (non-hydrogen) atoms. The SMILES string of the molecule is O=C(Cc1csc(-c2ccccc2)n1)NC1CCCN(CCc2ccccc2)C1. The lowest BCUT2D eigenvalue weighted by Gasteiger charge is -2.33. The minimum absolute atomic E-state index is 0.0739. The van der Waals surface area contributed by atoms with Gasteiger partial charge in [0.2, 0.25) is 5.91 Å². The Morgan fingerprint density at radius 1 is 1.10 bits per heavy atom. The van der Waals surface area contributed by atoms with Crippen LogP contribution in [0, 0.1) is 0 Å². The summed E-state index contributed by atoms with van der Waals surface area (Å²) >= 11 is 1.60. The Bertz CT molecular complexity index is 910. The van der Waals surface area contributed by atoms with Crippen molar-refractivity contribution in [3.63, 3.8) is 0 Å². The Labute approximate surface area is 176 Å². The van der Waals surface area contributed by atoms with Crippen LogP contribution in [0.1, 0.15) is 24.1 Å². The molecule has 1 aliphatic rings. The maximum atomic E-state index is 12.5. The Kier molecular flexibility index (Phi) is 6.70. The van der Waals surface area contributed by atoms with Gasteiger partial charge in [-0.1, -0.05) is 60.7 Å². The summed E-state index contributed by atoms with van der Waals surface area (Å²) in [7, 11) is 0. The number of carbonyl (C=O) groups excluding carboxylic acids is 1. The molecule has 1 unspecified atom stereocenters. The molecule has 1 atom stereocenters. The molecule has 1 N–H and O–H groups in total. The number of rotatable bonds is 7. The number of amides is 1. The van der Waals surface area contributed by atoms with Gasteiger partial charge in [-0.05, 0) is 31.4 Å². The van der Waals surface area contributed by atoms with Crippen molar-refractivity contribution >= 4 is 17.2 Å². The number of benzene rings is 2. The van der Waals surface area contributed by atoms with Crippen LogP contribution in [0.4, 0.5) is 0 Å². The second-order valence-corrected chi connectivity index (χ2v) is 8.49. The second-order valence-electron chi connectivity index (χ2n) is 7.63. The number of hydrogen-bond acceptors (Lipinski definition) is 4. The van der Waals surface area contributed by atoms with Gasteiger partial charge in [-0.2, -0.15) is 0 Å². The number of nitrogens with zero attached hydrogens (tertiary/aromatic N) is 2. The molecule has 2 heterocycles. The van der Waals surface area contributed by atoms with Crippen LogP contribution in [0.3, 0.4) is 0 Å². The van der Waals surface area contributed by atoms with E-state index >= 15 is 0 Å². The molecule has 3 aromatic rings. The van der Waals surface area contributed by atoms with Crippen LogP contribution in [0.25, 0.3) is 10.6 Å². The van der Waals surface area contributed by atoms with E-state index < -0.39 is 0 Å². The third-order valence-corrected chi connectivity index (χ3v) is 6.28. The first kappa shape index (κ1) is 19.8. The van der Waals surface area contributed by atoms with E-state index in [2.05, 4.69) is 57.7 Å². The van der Waals surface area contributed by atoms with Crippen molar-refractivity contribution in [2.24, 2.45) is 0 Å². The molecule has 1 aliphatic heterocycles. The van der Waals surface area contributed by atoms with Gasteiger partial charge in [0, 0.05) is 30.1 Å². The Balaban J connectivity index is 1.25. The Morgan fingerprint density at radius 2 is 1.86 bits per heavy atom. The number of piperidine rings is 1. The van der Waals surface area contributed by atoms with E-state index in [1.54, 1.807) is 11.3 Å². The topological polar surface area (TPSA) is 45.2 Å². The van der Waals surface area contributed by atoms with Gasteiger partial charge in [0.05, 0.1) is 12.1 Å². The van der Waals surface area contributed by atoms with E-state index in [4.69, 9.17) is 0 Å². The van der Waals surface area contributed by atoms with Gasteiger partial charge in [-0.15, -0.1) is 11.3 Å². The molecule has 5 heteroatoms. The van der Waals surface area contributed by atoms with E-state index in [-0.39, 0.29) is 11.9 Å².